The maximum Gasteiger partial charge on any atom is 0.306 e. The zero-order valence-corrected chi connectivity index (χ0v) is 18.3. The third-order valence-electron chi connectivity index (χ3n) is 5.13. The van der Waals surface area contributed by atoms with Crippen LogP contribution in [0.2, 0.25) is 0 Å². The number of hydrogen-bond donors (Lipinski definition) is 0. The molecule has 0 bridgehead atoms. The Hall–Kier alpha value is -2.29. The van der Waals surface area contributed by atoms with E-state index in [2.05, 4.69) is 38.1 Å². The SMILES string of the molecule is CCCCCCCOc1ccc(-c2ccc(C(C)OC(=O)CCCC)cc2)cc1. The van der Waals surface area contributed by atoms with Crippen LogP contribution in [0.15, 0.2) is 48.5 Å². The second-order valence-electron chi connectivity index (χ2n) is 7.64. The van der Waals surface area contributed by atoms with Gasteiger partial charge in [0.25, 0.3) is 0 Å². The summed E-state index contributed by atoms with van der Waals surface area (Å²) in [4.78, 5) is 11.8. The largest absolute Gasteiger partial charge is 0.494 e. The molecule has 29 heavy (non-hydrogen) atoms. The molecule has 2 rings (SSSR count). The summed E-state index contributed by atoms with van der Waals surface area (Å²) in [7, 11) is 0. The molecular formula is C26H36O3. The zero-order chi connectivity index (χ0) is 20.9. The Morgan fingerprint density at radius 1 is 0.793 bits per heavy atom. The Morgan fingerprint density at radius 3 is 2.00 bits per heavy atom. The van der Waals surface area contributed by atoms with Gasteiger partial charge in [0.1, 0.15) is 11.9 Å². The fourth-order valence-corrected chi connectivity index (χ4v) is 3.23. The van der Waals surface area contributed by atoms with E-state index < -0.39 is 0 Å². The number of carbonyl (C=O) groups is 1. The minimum absolute atomic E-state index is 0.121. The molecule has 0 spiro atoms. The Labute approximate surface area is 176 Å². The Balaban J connectivity index is 1.83. The predicted molar refractivity (Wildman–Crippen MR) is 120 cm³/mol. The third kappa shape index (κ3) is 8.31. The molecule has 0 heterocycles. The van der Waals surface area contributed by atoms with Crippen LogP contribution in [0.4, 0.5) is 0 Å². The van der Waals surface area contributed by atoms with Gasteiger partial charge in [-0.05, 0) is 48.6 Å². The summed E-state index contributed by atoms with van der Waals surface area (Å²) in [6.45, 7) is 7.01. The first-order valence-electron chi connectivity index (χ1n) is 11.2. The summed E-state index contributed by atoms with van der Waals surface area (Å²) < 4.78 is 11.4. The van der Waals surface area contributed by atoms with Crippen LogP contribution in [-0.4, -0.2) is 12.6 Å². The molecule has 158 valence electrons. The molecule has 3 heteroatoms. The van der Waals surface area contributed by atoms with Crippen LogP contribution in [0.25, 0.3) is 11.1 Å². The standard InChI is InChI=1S/C26H36O3/c1-4-6-8-9-10-20-28-25-18-16-24(17-19-25)23-14-12-22(13-15-23)21(3)29-26(27)11-7-5-2/h12-19,21H,4-11,20H2,1-3H3. The summed E-state index contributed by atoms with van der Waals surface area (Å²) >= 11 is 0. The molecule has 0 saturated heterocycles. The van der Waals surface area contributed by atoms with Gasteiger partial charge >= 0.3 is 5.97 Å². The van der Waals surface area contributed by atoms with Crippen LogP contribution in [0.1, 0.15) is 83.8 Å². The van der Waals surface area contributed by atoms with Gasteiger partial charge in [0.2, 0.25) is 0 Å². The highest BCUT2D eigenvalue weighted by atomic mass is 16.5. The lowest BCUT2D eigenvalue weighted by Gasteiger charge is -2.14. The van der Waals surface area contributed by atoms with Gasteiger partial charge < -0.3 is 9.47 Å². The van der Waals surface area contributed by atoms with Crippen molar-refractivity contribution in [3.63, 3.8) is 0 Å². The molecule has 1 atom stereocenters. The number of carbonyl (C=O) groups excluding carboxylic acids is 1. The first-order chi connectivity index (χ1) is 14.1. The molecule has 0 aliphatic carbocycles. The molecule has 0 aromatic heterocycles. The van der Waals surface area contributed by atoms with Gasteiger partial charge in [-0.1, -0.05) is 82.3 Å². The van der Waals surface area contributed by atoms with Gasteiger partial charge in [-0.2, -0.15) is 0 Å². The number of ether oxygens (including phenoxy) is 2. The molecule has 0 radical (unpaired) electrons. The maximum atomic E-state index is 11.8. The lowest BCUT2D eigenvalue weighted by atomic mass is 10.0. The number of unbranched alkanes of at least 4 members (excludes halogenated alkanes) is 5. The molecule has 1 unspecified atom stereocenters. The average Bonchev–Trinajstić information content (AvgIpc) is 2.75. The van der Waals surface area contributed by atoms with Gasteiger partial charge in [0, 0.05) is 6.42 Å². The van der Waals surface area contributed by atoms with Crippen LogP contribution in [0.3, 0.4) is 0 Å². The number of esters is 1. The van der Waals surface area contributed by atoms with Gasteiger partial charge in [0.15, 0.2) is 0 Å². The van der Waals surface area contributed by atoms with E-state index >= 15 is 0 Å². The molecule has 0 amide bonds. The third-order valence-corrected chi connectivity index (χ3v) is 5.13. The van der Waals surface area contributed by atoms with Crippen LogP contribution < -0.4 is 4.74 Å². The zero-order valence-electron chi connectivity index (χ0n) is 18.3. The smallest absolute Gasteiger partial charge is 0.306 e. The second-order valence-corrected chi connectivity index (χ2v) is 7.64. The Kier molecular flexibility index (Phi) is 10.3. The fraction of sp³-hybridized carbons (Fsp3) is 0.500. The number of rotatable bonds is 13. The molecule has 0 fully saturated rings. The van der Waals surface area contributed by atoms with Crippen molar-refractivity contribution in [1.29, 1.82) is 0 Å². The van der Waals surface area contributed by atoms with Crippen molar-refractivity contribution >= 4 is 5.97 Å². The highest BCUT2D eigenvalue weighted by molar-refractivity contribution is 5.69. The van der Waals surface area contributed by atoms with Crippen molar-refractivity contribution in [3.05, 3.63) is 54.1 Å². The van der Waals surface area contributed by atoms with E-state index in [0.717, 1.165) is 48.3 Å². The molecular weight excluding hydrogens is 360 g/mol. The number of benzene rings is 2. The minimum atomic E-state index is -0.221. The van der Waals surface area contributed by atoms with Gasteiger partial charge in [-0.15, -0.1) is 0 Å². The van der Waals surface area contributed by atoms with Crippen molar-refractivity contribution < 1.29 is 14.3 Å². The molecule has 3 nitrogen and oxygen atoms in total. The van der Waals surface area contributed by atoms with Gasteiger partial charge in [0.05, 0.1) is 6.61 Å². The van der Waals surface area contributed by atoms with Crippen molar-refractivity contribution in [2.24, 2.45) is 0 Å². The lowest BCUT2D eigenvalue weighted by molar-refractivity contribution is -0.148. The summed E-state index contributed by atoms with van der Waals surface area (Å²) in [6, 6.07) is 16.5. The van der Waals surface area contributed by atoms with Crippen molar-refractivity contribution in [3.8, 4) is 16.9 Å². The summed E-state index contributed by atoms with van der Waals surface area (Å²) in [5, 5.41) is 0. The Morgan fingerprint density at radius 2 is 1.38 bits per heavy atom. The van der Waals surface area contributed by atoms with E-state index in [1.165, 1.54) is 25.7 Å². The topological polar surface area (TPSA) is 35.5 Å². The van der Waals surface area contributed by atoms with Crippen LogP contribution in [0.5, 0.6) is 5.75 Å². The molecule has 2 aromatic carbocycles. The lowest BCUT2D eigenvalue weighted by Crippen LogP contribution is -2.08. The molecule has 0 N–H and O–H groups in total. The van der Waals surface area contributed by atoms with E-state index in [1.807, 2.05) is 31.2 Å². The van der Waals surface area contributed by atoms with E-state index in [-0.39, 0.29) is 12.1 Å². The van der Waals surface area contributed by atoms with E-state index in [1.54, 1.807) is 0 Å². The van der Waals surface area contributed by atoms with Crippen molar-refractivity contribution in [2.45, 2.75) is 78.2 Å². The van der Waals surface area contributed by atoms with E-state index in [9.17, 15) is 4.79 Å². The summed E-state index contributed by atoms with van der Waals surface area (Å²) in [5.74, 6) is 0.804. The summed E-state index contributed by atoms with van der Waals surface area (Å²) in [6.07, 6.45) is 8.39. The second kappa shape index (κ2) is 13.0. The summed E-state index contributed by atoms with van der Waals surface area (Å²) in [5.41, 5.74) is 3.31. The van der Waals surface area contributed by atoms with Gasteiger partial charge in [-0.3, -0.25) is 4.79 Å². The molecule has 0 aliphatic heterocycles. The highest BCUT2D eigenvalue weighted by Crippen LogP contribution is 2.25. The quantitative estimate of drug-likeness (QED) is 0.260. The average molecular weight is 397 g/mol. The first kappa shape index (κ1) is 23.0. The fourth-order valence-electron chi connectivity index (χ4n) is 3.23. The normalized spacial score (nSPS) is 11.8. The van der Waals surface area contributed by atoms with Crippen molar-refractivity contribution in [1.82, 2.24) is 0 Å². The highest BCUT2D eigenvalue weighted by Gasteiger charge is 2.11. The number of hydrogen-bond acceptors (Lipinski definition) is 3. The Bertz CT molecular complexity index is 704. The van der Waals surface area contributed by atoms with Crippen LogP contribution >= 0.6 is 0 Å². The first-order valence-corrected chi connectivity index (χ1v) is 11.2. The van der Waals surface area contributed by atoms with Crippen LogP contribution in [-0.2, 0) is 9.53 Å². The minimum Gasteiger partial charge on any atom is -0.494 e. The van der Waals surface area contributed by atoms with Crippen LogP contribution in [0, 0.1) is 0 Å². The molecule has 0 aliphatic rings. The molecule has 2 aromatic rings. The van der Waals surface area contributed by atoms with E-state index in [0.29, 0.717) is 6.42 Å². The van der Waals surface area contributed by atoms with Crippen molar-refractivity contribution in [2.75, 3.05) is 6.61 Å². The van der Waals surface area contributed by atoms with Gasteiger partial charge in [-0.25, -0.2) is 0 Å². The van der Waals surface area contributed by atoms with E-state index in [4.69, 9.17) is 9.47 Å². The predicted octanol–water partition coefficient (Wildman–Crippen LogP) is 7.50. The maximum absolute atomic E-state index is 11.8. The molecule has 0 saturated carbocycles. The monoisotopic (exact) mass is 396 g/mol.